The second-order valence-electron chi connectivity index (χ2n) is 5.41. The standard InChI is InChI=1S/C19H15BrN2O2/c20-11-14-3-2-6-17(10-14)18-7-8-19(24)22(21-18)12-15-4-1-5-16(9-15)13-23/h1-10,13H,11-12H2. The number of aldehydes is 1. The lowest BCUT2D eigenvalue weighted by atomic mass is 10.1. The number of carbonyl (C=O) groups excluding carboxylic acids is 1. The molecule has 5 heteroatoms. The highest BCUT2D eigenvalue weighted by atomic mass is 79.9. The zero-order valence-corrected chi connectivity index (χ0v) is 14.4. The molecule has 0 aliphatic carbocycles. The lowest BCUT2D eigenvalue weighted by Crippen LogP contribution is -2.22. The molecule has 0 bridgehead atoms. The SMILES string of the molecule is O=Cc1cccc(Cn2nc(-c3cccc(CBr)c3)ccc2=O)c1. The number of hydrogen-bond acceptors (Lipinski definition) is 3. The molecule has 0 fully saturated rings. The third-order valence-corrected chi connectivity index (χ3v) is 4.31. The fraction of sp³-hybridized carbons (Fsp3) is 0.105. The Kier molecular flexibility index (Phi) is 5.01. The van der Waals surface area contributed by atoms with E-state index in [4.69, 9.17) is 0 Å². The summed E-state index contributed by atoms with van der Waals surface area (Å²) >= 11 is 3.44. The second-order valence-corrected chi connectivity index (χ2v) is 5.97. The van der Waals surface area contributed by atoms with E-state index in [2.05, 4.69) is 21.0 Å². The van der Waals surface area contributed by atoms with Crippen molar-refractivity contribution in [2.24, 2.45) is 0 Å². The first-order chi connectivity index (χ1) is 11.7. The van der Waals surface area contributed by atoms with Gasteiger partial charge in [-0.05, 0) is 29.3 Å². The number of rotatable bonds is 5. The van der Waals surface area contributed by atoms with Crippen LogP contribution in [0.3, 0.4) is 0 Å². The van der Waals surface area contributed by atoms with E-state index in [0.717, 1.165) is 34.0 Å². The van der Waals surface area contributed by atoms with Gasteiger partial charge >= 0.3 is 0 Å². The van der Waals surface area contributed by atoms with Gasteiger partial charge in [-0.25, -0.2) is 4.68 Å². The van der Waals surface area contributed by atoms with Gasteiger partial charge in [0, 0.05) is 22.5 Å². The first kappa shape index (κ1) is 16.3. The topological polar surface area (TPSA) is 52.0 Å². The molecule has 3 aromatic rings. The Labute approximate surface area is 147 Å². The van der Waals surface area contributed by atoms with Gasteiger partial charge in [0.1, 0.15) is 6.29 Å². The van der Waals surface area contributed by atoms with Crippen LogP contribution >= 0.6 is 15.9 Å². The predicted octanol–water partition coefficient (Wildman–Crippen LogP) is 3.67. The summed E-state index contributed by atoms with van der Waals surface area (Å²) in [6.45, 7) is 0.326. The fourth-order valence-corrected chi connectivity index (χ4v) is 2.82. The van der Waals surface area contributed by atoms with Crippen LogP contribution in [0.5, 0.6) is 0 Å². The van der Waals surface area contributed by atoms with Gasteiger partial charge in [-0.15, -0.1) is 0 Å². The van der Waals surface area contributed by atoms with Gasteiger partial charge in [-0.1, -0.05) is 52.3 Å². The number of carbonyl (C=O) groups is 1. The molecule has 0 atom stereocenters. The maximum atomic E-state index is 12.1. The van der Waals surface area contributed by atoms with Crippen LogP contribution in [0.1, 0.15) is 21.5 Å². The summed E-state index contributed by atoms with van der Waals surface area (Å²) in [6.07, 6.45) is 0.794. The van der Waals surface area contributed by atoms with E-state index in [0.29, 0.717) is 12.1 Å². The van der Waals surface area contributed by atoms with Crippen LogP contribution < -0.4 is 5.56 Å². The van der Waals surface area contributed by atoms with Crippen molar-refractivity contribution >= 4 is 22.2 Å². The lowest BCUT2D eigenvalue weighted by Gasteiger charge is -2.08. The van der Waals surface area contributed by atoms with Crippen molar-refractivity contribution in [1.82, 2.24) is 9.78 Å². The van der Waals surface area contributed by atoms with Gasteiger partial charge in [0.25, 0.3) is 5.56 Å². The van der Waals surface area contributed by atoms with Gasteiger partial charge in [0.2, 0.25) is 0 Å². The van der Waals surface area contributed by atoms with E-state index in [9.17, 15) is 9.59 Å². The maximum Gasteiger partial charge on any atom is 0.267 e. The summed E-state index contributed by atoms with van der Waals surface area (Å²) in [4.78, 5) is 23.0. The summed E-state index contributed by atoms with van der Waals surface area (Å²) in [5, 5.41) is 5.23. The fourth-order valence-electron chi connectivity index (χ4n) is 2.47. The first-order valence-electron chi connectivity index (χ1n) is 7.47. The number of halogens is 1. The molecular weight excluding hydrogens is 368 g/mol. The molecule has 0 spiro atoms. The minimum atomic E-state index is -0.174. The third-order valence-electron chi connectivity index (χ3n) is 3.66. The predicted molar refractivity (Wildman–Crippen MR) is 97.5 cm³/mol. The number of benzene rings is 2. The Morgan fingerprint density at radius 3 is 2.58 bits per heavy atom. The average Bonchev–Trinajstić information content (AvgIpc) is 2.63. The molecule has 0 aliphatic heterocycles. The van der Waals surface area contributed by atoms with Crippen LogP contribution in [-0.4, -0.2) is 16.1 Å². The minimum Gasteiger partial charge on any atom is -0.298 e. The number of hydrogen-bond donors (Lipinski definition) is 0. The normalized spacial score (nSPS) is 10.5. The molecule has 0 saturated carbocycles. The highest BCUT2D eigenvalue weighted by molar-refractivity contribution is 9.08. The lowest BCUT2D eigenvalue weighted by molar-refractivity contribution is 0.112. The molecule has 0 radical (unpaired) electrons. The molecule has 0 N–H and O–H groups in total. The molecule has 0 saturated heterocycles. The van der Waals surface area contributed by atoms with Crippen LogP contribution in [0.25, 0.3) is 11.3 Å². The third kappa shape index (κ3) is 3.68. The molecule has 1 heterocycles. The molecule has 1 aromatic heterocycles. The van der Waals surface area contributed by atoms with Crippen molar-refractivity contribution < 1.29 is 4.79 Å². The molecule has 24 heavy (non-hydrogen) atoms. The maximum absolute atomic E-state index is 12.1. The molecule has 3 rings (SSSR count). The van der Waals surface area contributed by atoms with Gasteiger partial charge in [0.05, 0.1) is 12.2 Å². The number of nitrogens with zero attached hydrogens (tertiary/aromatic N) is 2. The van der Waals surface area contributed by atoms with E-state index in [1.165, 1.54) is 10.7 Å². The van der Waals surface area contributed by atoms with Crippen molar-refractivity contribution in [3.8, 4) is 11.3 Å². The van der Waals surface area contributed by atoms with E-state index in [1.807, 2.05) is 30.3 Å². The van der Waals surface area contributed by atoms with Gasteiger partial charge < -0.3 is 0 Å². The quantitative estimate of drug-likeness (QED) is 0.499. The van der Waals surface area contributed by atoms with Crippen LogP contribution in [0.4, 0.5) is 0 Å². The van der Waals surface area contributed by atoms with Crippen molar-refractivity contribution in [3.63, 3.8) is 0 Å². The van der Waals surface area contributed by atoms with Crippen molar-refractivity contribution in [1.29, 1.82) is 0 Å². The molecule has 2 aromatic carbocycles. The molecule has 4 nitrogen and oxygen atoms in total. The van der Waals surface area contributed by atoms with Gasteiger partial charge in [-0.3, -0.25) is 9.59 Å². The second kappa shape index (κ2) is 7.36. The largest absolute Gasteiger partial charge is 0.298 e. The van der Waals surface area contributed by atoms with Crippen LogP contribution in [-0.2, 0) is 11.9 Å². The molecule has 0 amide bonds. The molecule has 0 unspecified atom stereocenters. The Hall–Kier alpha value is -2.53. The van der Waals surface area contributed by atoms with Crippen LogP contribution in [0.2, 0.25) is 0 Å². The van der Waals surface area contributed by atoms with E-state index in [-0.39, 0.29) is 5.56 Å². The molecule has 120 valence electrons. The Balaban J connectivity index is 1.96. The summed E-state index contributed by atoms with van der Waals surface area (Å²) in [6, 6.07) is 18.4. The number of alkyl halides is 1. The Morgan fingerprint density at radius 2 is 1.79 bits per heavy atom. The van der Waals surface area contributed by atoms with Crippen LogP contribution in [0.15, 0.2) is 65.5 Å². The van der Waals surface area contributed by atoms with Gasteiger partial charge in [0.15, 0.2) is 0 Å². The highest BCUT2D eigenvalue weighted by Gasteiger charge is 2.05. The zero-order chi connectivity index (χ0) is 16.9. The van der Waals surface area contributed by atoms with Crippen molar-refractivity contribution in [3.05, 3.63) is 87.7 Å². The van der Waals surface area contributed by atoms with Gasteiger partial charge in [-0.2, -0.15) is 5.10 Å². The Morgan fingerprint density at radius 1 is 1.00 bits per heavy atom. The molecular formula is C19H15BrN2O2. The Bertz CT molecular complexity index is 934. The van der Waals surface area contributed by atoms with Crippen molar-refractivity contribution in [2.75, 3.05) is 0 Å². The van der Waals surface area contributed by atoms with Crippen molar-refractivity contribution in [2.45, 2.75) is 11.9 Å². The summed E-state index contributed by atoms with van der Waals surface area (Å²) in [7, 11) is 0. The summed E-state index contributed by atoms with van der Waals surface area (Å²) in [5.74, 6) is 0. The smallest absolute Gasteiger partial charge is 0.267 e. The minimum absolute atomic E-state index is 0.174. The monoisotopic (exact) mass is 382 g/mol. The van der Waals surface area contributed by atoms with E-state index < -0.39 is 0 Å². The number of aromatic nitrogens is 2. The first-order valence-corrected chi connectivity index (χ1v) is 8.59. The molecule has 0 aliphatic rings. The highest BCUT2D eigenvalue weighted by Crippen LogP contribution is 2.18. The zero-order valence-electron chi connectivity index (χ0n) is 12.9. The average molecular weight is 383 g/mol. The van der Waals surface area contributed by atoms with Crippen LogP contribution in [0, 0.1) is 0 Å². The summed E-state index contributed by atoms with van der Waals surface area (Å²) < 4.78 is 1.42. The van der Waals surface area contributed by atoms with E-state index in [1.54, 1.807) is 24.3 Å². The van der Waals surface area contributed by atoms with E-state index >= 15 is 0 Å². The summed E-state index contributed by atoms with van der Waals surface area (Å²) in [5.41, 5.74) is 4.12.